The molecule has 0 aromatic carbocycles. The van der Waals surface area contributed by atoms with Crippen molar-refractivity contribution in [2.75, 3.05) is 6.61 Å². The van der Waals surface area contributed by atoms with Crippen LogP contribution in [0.1, 0.15) is 25.1 Å². The minimum absolute atomic E-state index is 0.0837. The Kier molecular flexibility index (Phi) is 5.07. The zero-order valence-electron chi connectivity index (χ0n) is 8.77. The summed E-state index contributed by atoms with van der Waals surface area (Å²) in [5.41, 5.74) is 7.90. The van der Waals surface area contributed by atoms with Gasteiger partial charge in [-0.25, -0.2) is 0 Å². The van der Waals surface area contributed by atoms with Crippen molar-refractivity contribution in [1.29, 1.82) is 0 Å². The first-order valence-electron chi connectivity index (χ1n) is 5.02. The summed E-state index contributed by atoms with van der Waals surface area (Å²) in [6, 6.07) is 0.0837. The van der Waals surface area contributed by atoms with Crippen molar-refractivity contribution in [1.82, 2.24) is 4.98 Å². The normalized spacial score (nSPS) is 15.4. The Morgan fingerprint density at radius 1 is 1.57 bits per heavy atom. The first-order chi connectivity index (χ1) is 6.77. The molecule has 0 spiro atoms. The number of ether oxygens (including phenoxy) is 1. The highest BCUT2D eigenvalue weighted by atomic mass is 32.1. The number of nitrogens with zero attached hydrogens (tertiary/aromatic N) is 1. The van der Waals surface area contributed by atoms with Crippen LogP contribution in [0.25, 0.3) is 0 Å². The van der Waals surface area contributed by atoms with E-state index in [1.54, 1.807) is 11.3 Å². The second-order valence-electron chi connectivity index (χ2n) is 3.24. The number of thiazole rings is 1. The molecule has 0 aliphatic rings. The quantitative estimate of drug-likeness (QED) is 0.786. The van der Waals surface area contributed by atoms with Gasteiger partial charge in [-0.05, 0) is 13.3 Å². The van der Waals surface area contributed by atoms with Gasteiger partial charge in [-0.2, -0.15) is 0 Å². The fourth-order valence-electron chi connectivity index (χ4n) is 1.46. The minimum atomic E-state index is 0.0837. The molecule has 0 aliphatic carbocycles. The molecule has 3 nitrogen and oxygen atoms in total. The van der Waals surface area contributed by atoms with E-state index in [4.69, 9.17) is 10.5 Å². The summed E-state index contributed by atoms with van der Waals surface area (Å²) in [6.45, 7) is 4.84. The van der Waals surface area contributed by atoms with Crippen molar-refractivity contribution in [3.8, 4) is 0 Å². The Morgan fingerprint density at radius 3 is 2.86 bits per heavy atom. The van der Waals surface area contributed by atoms with Crippen LogP contribution >= 0.6 is 11.3 Å². The monoisotopic (exact) mass is 214 g/mol. The van der Waals surface area contributed by atoms with Crippen LogP contribution in [-0.4, -0.2) is 23.7 Å². The summed E-state index contributed by atoms with van der Waals surface area (Å²) < 4.78 is 5.56. The van der Waals surface area contributed by atoms with Crippen LogP contribution < -0.4 is 5.73 Å². The third-order valence-corrected chi connectivity index (χ3v) is 2.98. The third kappa shape index (κ3) is 3.36. The average Bonchev–Trinajstić information content (AvgIpc) is 2.66. The van der Waals surface area contributed by atoms with Gasteiger partial charge in [0.25, 0.3) is 0 Å². The Balaban J connectivity index is 2.43. The van der Waals surface area contributed by atoms with Crippen LogP contribution in [0.3, 0.4) is 0 Å². The summed E-state index contributed by atoms with van der Waals surface area (Å²) in [7, 11) is 0. The second kappa shape index (κ2) is 6.11. The molecule has 14 heavy (non-hydrogen) atoms. The summed E-state index contributed by atoms with van der Waals surface area (Å²) in [4.78, 5) is 5.26. The van der Waals surface area contributed by atoms with Crippen molar-refractivity contribution >= 4 is 11.3 Å². The molecular weight excluding hydrogens is 196 g/mol. The van der Waals surface area contributed by atoms with E-state index in [0.29, 0.717) is 0 Å². The van der Waals surface area contributed by atoms with E-state index in [9.17, 15) is 0 Å². The van der Waals surface area contributed by atoms with Crippen molar-refractivity contribution in [3.05, 3.63) is 16.6 Å². The van der Waals surface area contributed by atoms with Gasteiger partial charge in [0.2, 0.25) is 0 Å². The maximum Gasteiger partial charge on any atom is 0.0794 e. The van der Waals surface area contributed by atoms with Gasteiger partial charge >= 0.3 is 0 Å². The number of aromatic nitrogens is 1. The summed E-state index contributed by atoms with van der Waals surface area (Å²) in [6.07, 6.45) is 3.88. The van der Waals surface area contributed by atoms with E-state index >= 15 is 0 Å². The Morgan fingerprint density at radius 2 is 2.36 bits per heavy atom. The van der Waals surface area contributed by atoms with Gasteiger partial charge in [0, 0.05) is 30.1 Å². The van der Waals surface area contributed by atoms with Crippen LogP contribution in [0.5, 0.6) is 0 Å². The highest BCUT2D eigenvalue weighted by molar-refractivity contribution is 7.09. The van der Waals surface area contributed by atoms with E-state index in [1.807, 2.05) is 18.6 Å². The molecule has 1 heterocycles. The first-order valence-corrected chi connectivity index (χ1v) is 5.90. The highest BCUT2D eigenvalue weighted by Gasteiger charge is 2.16. The van der Waals surface area contributed by atoms with Gasteiger partial charge in [0.05, 0.1) is 11.6 Å². The SMILES string of the molecule is CCOC(CC)C(N)Cc1cncs1. The van der Waals surface area contributed by atoms with Gasteiger partial charge in [0.15, 0.2) is 0 Å². The molecular formula is C10H18N2OS. The van der Waals surface area contributed by atoms with Gasteiger partial charge in [-0.3, -0.25) is 4.98 Å². The van der Waals surface area contributed by atoms with Crippen LogP contribution in [0.2, 0.25) is 0 Å². The molecule has 0 radical (unpaired) electrons. The van der Waals surface area contributed by atoms with Crippen molar-refractivity contribution in [2.24, 2.45) is 5.73 Å². The maximum atomic E-state index is 6.06. The first kappa shape index (κ1) is 11.6. The summed E-state index contributed by atoms with van der Waals surface area (Å²) in [5.74, 6) is 0. The lowest BCUT2D eigenvalue weighted by Crippen LogP contribution is -2.38. The fourth-order valence-corrected chi connectivity index (χ4v) is 2.13. The van der Waals surface area contributed by atoms with Crippen molar-refractivity contribution in [2.45, 2.75) is 38.8 Å². The van der Waals surface area contributed by atoms with E-state index in [0.717, 1.165) is 19.4 Å². The molecule has 1 aromatic heterocycles. The van der Waals surface area contributed by atoms with Crippen LogP contribution in [0.4, 0.5) is 0 Å². The molecule has 0 fully saturated rings. The molecule has 2 atom stereocenters. The van der Waals surface area contributed by atoms with E-state index in [2.05, 4.69) is 11.9 Å². The number of rotatable bonds is 6. The van der Waals surface area contributed by atoms with E-state index < -0.39 is 0 Å². The molecule has 80 valence electrons. The molecule has 0 amide bonds. The Labute approximate surface area is 89.3 Å². The molecule has 0 saturated heterocycles. The van der Waals surface area contributed by atoms with Gasteiger partial charge < -0.3 is 10.5 Å². The topological polar surface area (TPSA) is 48.1 Å². The third-order valence-electron chi connectivity index (χ3n) is 2.18. The lowest BCUT2D eigenvalue weighted by Gasteiger charge is -2.21. The predicted octanol–water partition coefficient (Wildman–Crippen LogP) is 1.83. The van der Waals surface area contributed by atoms with Crippen molar-refractivity contribution < 1.29 is 4.74 Å². The van der Waals surface area contributed by atoms with Crippen LogP contribution in [0, 0.1) is 0 Å². The van der Waals surface area contributed by atoms with Gasteiger partial charge in [0.1, 0.15) is 0 Å². The summed E-state index contributed by atoms with van der Waals surface area (Å²) >= 11 is 1.65. The smallest absolute Gasteiger partial charge is 0.0794 e. The highest BCUT2D eigenvalue weighted by Crippen LogP contribution is 2.12. The molecule has 2 unspecified atom stereocenters. The molecule has 1 aromatic rings. The Hall–Kier alpha value is -0.450. The van der Waals surface area contributed by atoms with E-state index in [-0.39, 0.29) is 12.1 Å². The molecule has 4 heteroatoms. The zero-order chi connectivity index (χ0) is 10.4. The Bertz CT molecular complexity index is 238. The average molecular weight is 214 g/mol. The summed E-state index contributed by atoms with van der Waals surface area (Å²) in [5, 5.41) is 0. The predicted molar refractivity (Wildman–Crippen MR) is 59.5 cm³/mol. The van der Waals surface area contributed by atoms with Gasteiger partial charge in [-0.1, -0.05) is 6.92 Å². The molecule has 0 saturated carbocycles. The maximum absolute atomic E-state index is 6.06. The number of hydrogen-bond donors (Lipinski definition) is 1. The molecule has 0 bridgehead atoms. The lowest BCUT2D eigenvalue weighted by molar-refractivity contribution is 0.0419. The number of nitrogens with two attached hydrogens (primary N) is 1. The number of hydrogen-bond acceptors (Lipinski definition) is 4. The molecule has 0 aliphatic heterocycles. The minimum Gasteiger partial charge on any atom is -0.377 e. The zero-order valence-corrected chi connectivity index (χ0v) is 9.59. The van der Waals surface area contributed by atoms with Crippen LogP contribution in [0.15, 0.2) is 11.7 Å². The molecule has 1 rings (SSSR count). The molecule has 2 N–H and O–H groups in total. The lowest BCUT2D eigenvalue weighted by atomic mass is 10.1. The standard InChI is InChI=1S/C10H18N2OS/c1-3-10(13-4-2)9(11)5-8-6-12-7-14-8/h6-7,9-10H,3-5,11H2,1-2H3. The van der Waals surface area contributed by atoms with E-state index in [1.165, 1.54) is 4.88 Å². The second-order valence-corrected chi connectivity index (χ2v) is 4.21. The van der Waals surface area contributed by atoms with Gasteiger partial charge in [-0.15, -0.1) is 11.3 Å². The largest absolute Gasteiger partial charge is 0.377 e. The van der Waals surface area contributed by atoms with Crippen LogP contribution in [-0.2, 0) is 11.2 Å². The fraction of sp³-hybridized carbons (Fsp3) is 0.700. The van der Waals surface area contributed by atoms with Crippen molar-refractivity contribution in [3.63, 3.8) is 0 Å².